The maximum atomic E-state index is 6.54. The van der Waals surface area contributed by atoms with Crippen LogP contribution in [-0.2, 0) is 5.75 Å². The highest BCUT2D eigenvalue weighted by Gasteiger charge is 2.17. The first-order valence-electron chi connectivity index (χ1n) is 8.36. The number of benzene rings is 1. The second-order valence-electron chi connectivity index (χ2n) is 6.29. The molecular weight excluding hydrogens is 382 g/mol. The van der Waals surface area contributed by atoms with Crippen molar-refractivity contribution < 1.29 is 0 Å². The van der Waals surface area contributed by atoms with E-state index in [1.54, 1.807) is 4.68 Å². The molecule has 0 saturated carbocycles. The molecule has 0 aliphatic heterocycles. The number of fused-ring (bicyclic) bond motifs is 1. The molecule has 0 bridgehead atoms. The number of aromatic nitrogens is 6. The highest BCUT2D eigenvalue weighted by atomic mass is 35.5. The van der Waals surface area contributed by atoms with Gasteiger partial charge in [0.05, 0.1) is 21.9 Å². The first-order valence-corrected chi connectivity index (χ1v) is 9.72. The molecule has 0 aliphatic rings. The summed E-state index contributed by atoms with van der Waals surface area (Å²) in [5.41, 5.74) is 4.59. The third-order valence-electron chi connectivity index (χ3n) is 4.33. The zero-order valence-electron chi connectivity index (χ0n) is 15.1. The number of rotatable bonds is 4. The third-order valence-corrected chi connectivity index (χ3v) is 5.79. The molecule has 4 rings (SSSR count). The molecule has 0 radical (unpaired) electrons. The van der Waals surface area contributed by atoms with Crippen molar-refractivity contribution in [1.29, 1.82) is 0 Å². The van der Waals surface area contributed by atoms with Gasteiger partial charge < -0.3 is 5.84 Å². The smallest absolute Gasteiger partial charge is 0.271 e. The number of nitrogens with two attached hydrogens (primary N) is 1. The monoisotopic (exact) mass is 399 g/mol. The lowest BCUT2D eigenvalue weighted by Crippen LogP contribution is -2.17. The molecule has 0 amide bonds. The Morgan fingerprint density at radius 3 is 2.67 bits per heavy atom. The van der Waals surface area contributed by atoms with Gasteiger partial charge in [0.25, 0.3) is 5.95 Å². The molecule has 3 heterocycles. The maximum absolute atomic E-state index is 6.54. The van der Waals surface area contributed by atoms with Crippen molar-refractivity contribution in [2.24, 2.45) is 0 Å². The Labute approximate surface area is 165 Å². The summed E-state index contributed by atoms with van der Waals surface area (Å²) < 4.78 is 3.11. The van der Waals surface area contributed by atoms with Crippen molar-refractivity contribution in [3.63, 3.8) is 0 Å². The Bertz CT molecular complexity index is 1150. The molecule has 0 saturated heterocycles. The van der Waals surface area contributed by atoms with E-state index in [0.29, 0.717) is 21.9 Å². The largest absolute Gasteiger partial charge is 0.334 e. The highest BCUT2D eigenvalue weighted by Crippen LogP contribution is 2.31. The number of thioether (sulfide) groups is 1. The molecule has 0 spiro atoms. The van der Waals surface area contributed by atoms with E-state index in [1.165, 1.54) is 16.4 Å². The van der Waals surface area contributed by atoms with E-state index < -0.39 is 0 Å². The Morgan fingerprint density at radius 2 is 1.93 bits per heavy atom. The zero-order chi connectivity index (χ0) is 19.1. The maximum Gasteiger partial charge on any atom is 0.271 e. The van der Waals surface area contributed by atoms with Crippen LogP contribution < -0.4 is 5.84 Å². The second-order valence-corrected chi connectivity index (χ2v) is 7.62. The lowest BCUT2D eigenvalue weighted by atomic mass is 10.1. The van der Waals surface area contributed by atoms with Crippen molar-refractivity contribution in [1.82, 2.24) is 29.6 Å². The van der Waals surface area contributed by atoms with Gasteiger partial charge in [-0.1, -0.05) is 41.6 Å². The molecule has 9 heteroatoms. The molecule has 1 aromatic carbocycles. The summed E-state index contributed by atoms with van der Waals surface area (Å²) in [6, 6.07) is 9.93. The normalized spacial score (nSPS) is 11.4. The number of hydrogen-bond acceptors (Lipinski definition) is 6. The van der Waals surface area contributed by atoms with Gasteiger partial charge in [-0.05, 0) is 38.5 Å². The first-order chi connectivity index (χ1) is 13.0. The van der Waals surface area contributed by atoms with Gasteiger partial charge in [0.2, 0.25) is 5.16 Å². The van der Waals surface area contributed by atoms with Crippen LogP contribution in [0, 0.1) is 20.8 Å². The number of hydrogen-bond donors (Lipinski definition) is 1. The highest BCUT2D eigenvalue weighted by molar-refractivity contribution is 7.98. The van der Waals surface area contributed by atoms with Crippen molar-refractivity contribution in [3.05, 3.63) is 58.0 Å². The van der Waals surface area contributed by atoms with Crippen molar-refractivity contribution in [2.75, 3.05) is 5.84 Å². The first kappa shape index (κ1) is 17.8. The Morgan fingerprint density at radius 1 is 1.15 bits per heavy atom. The van der Waals surface area contributed by atoms with Gasteiger partial charge in [-0.25, -0.2) is 9.36 Å². The Kier molecular flexibility index (Phi) is 4.53. The molecule has 4 aromatic rings. The summed E-state index contributed by atoms with van der Waals surface area (Å²) >= 11 is 7.97. The van der Waals surface area contributed by atoms with Gasteiger partial charge in [0.15, 0.2) is 0 Å². The lowest BCUT2D eigenvalue weighted by Gasteiger charge is -2.10. The molecule has 0 fully saturated rings. The molecule has 27 heavy (non-hydrogen) atoms. The van der Waals surface area contributed by atoms with Gasteiger partial charge in [-0.15, -0.1) is 10.2 Å². The van der Waals surface area contributed by atoms with Crippen LogP contribution in [0.15, 0.2) is 35.5 Å². The van der Waals surface area contributed by atoms with Gasteiger partial charge in [-0.3, -0.25) is 4.98 Å². The molecule has 0 atom stereocenters. The van der Waals surface area contributed by atoms with Crippen LogP contribution in [0.1, 0.15) is 22.6 Å². The third kappa shape index (κ3) is 3.15. The summed E-state index contributed by atoms with van der Waals surface area (Å²) in [6.07, 6.45) is 0. The molecular formula is C18H18ClN7S. The fourth-order valence-corrected chi connectivity index (χ4v) is 4.07. The van der Waals surface area contributed by atoms with E-state index in [4.69, 9.17) is 22.4 Å². The number of aryl methyl sites for hydroxylation is 3. The van der Waals surface area contributed by atoms with Gasteiger partial charge in [0.1, 0.15) is 0 Å². The molecule has 2 N–H and O–H groups in total. The standard InChI is InChI=1S/C18H18ClN7S/c1-10-8-11(2)26(24-10)17-22-23-18(25(17)20)27-9-15-16(19)12(3)13-6-4-5-7-14(13)21-15/h4-8H,9,20H2,1-3H3. The predicted molar refractivity (Wildman–Crippen MR) is 108 cm³/mol. The van der Waals surface area contributed by atoms with Crippen LogP contribution >= 0.6 is 23.4 Å². The van der Waals surface area contributed by atoms with Crippen LogP contribution in [0.25, 0.3) is 16.9 Å². The van der Waals surface area contributed by atoms with Crippen LogP contribution in [0.5, 0.6) is 0 Å². The van der Waals surface area contributed by atoms with E-state index in [2.05, 4.69) is 15.3 Å². The summed E-state index contributed by atoms with van der Waals surface area (Å²) in [6.45, 7) is 5.88. The topological polar surface area (TPSA) is 87.4 Å². The molecule has 3 aromatic heterocycles. The fourth-order valence-electron chi connectivity index (χ4n) is 2.99. The summed E-state index contributed by atoms with van der Waals surface area (Å²) in [5.74, 6) is 7.20. The number of nitrogen functional groups attached to an aromatic ring is 1. The van der Waals surface area contributed by atoms with Crippen molar-refractivity contribution >= 4 is 34.3 Å². The van der Waals surface area contributed by atoms with E-state index in [1.807, 2.05) is 51.1 Å². The molecule has 0 aliphatic carbocycles. The average Bonchev–Trinajstić information content (AvgIpc) is 3.18. The average molecular weight is 400 g/mol. The van der Waals surface area contributed by atoms with Crippen LogP contribution in [0.2, 0.25) is 5.02 Å². The SMILES string of the molecule is Cc1cc(C)n(-c2nnc(SCc3nc4ccccc4c(C)c3Cl)n2N)n1. The molecule has 0 unspecified atom stereocenters. The van der Waals surface area contributed by atoms with Gasteiger partial charge >= 0.3 is 0 Å². The Hall–Kier alpha value is -2.58. The van der Waals surface area contributed by atoms with Gasteiger partial charge in [0, 0.05) is 16.8 Å². The van der Waals surface area contributed by atoms with Crippen LogP contribution in [0.3, 0.4) is 0 Å². The lowest BCUT2D eigenvalue weighted by molar-refractivity contribution is 0.727. The molecule has 7 nitrogen and oxygen atoms in total. The summed E-state index contributed by atoms with van der Waals surface area (Å²) in [4.78, 5) is 4.69. The minimum Gasteiger partial charge on any atom is -0.334 e. The van der Waals surface area contributed by atoms with E-state index in [9.17, 15) is 0 Å². The minimum atomic E-state index is 0.469. The number of nitrogens with zero attached hydrogens (tertiary/aromatic N) is 6. The fraction of sp³-hybridized carbons (Fsp3) is 0.222. The summed E-state index contributed by atoms with van der Waals surface area (Å²) in [7, 11) is 0. The predicted octanol–water partition coefficient (Wildman–Crippen LogP) is 3.60. The van der Waals surface area contributed by atoms with Crippen molar-refractivity contribution in [3.8, 4) is 5.95 Å². The van der Waals surface area contributed by atoms with E-state index >= 15 is 0 Å². The zero-order valence-corrected chi connectivity index (χ0v) is 16.7. The van der Waals surface area contributed by atoms with E-state index in [0.717, 1.165) is 33.5 Å². The Balaban J connectivity index is 1.62. The number of halogens is 1. The van der Waals surface area contributed by atoms with Crippen molar-refractivity contribution in [2.45, 2.75) is 31.7 Å². The van der Waals surface area contributed by atoms with E-state index in [-0.39, 0.29) is 0 Å². The number of para-hydroxylation sites is 1. The number of pyridine rings is 1. The van der Waals surface area contributed by atoms with Gasteiger partial charge in [-0.2, -0.15) is 5.10 Å². The minimum absolute atomic E-state index is 0.469. The van der Waals surface area contributed by atoms with Crippen LogP contribution in [0.4, 0.5) is 0 Å². The van der Waals surface area contributed by atoms with Crippen LogP contribution in [-0.4, -0.2) is 29.6 Å². The summed E-state index contributed by atoms with van der Waals surface area (Å²) in [5, 5.41) is 15.1. The molecule has 138 valence electrons. The quantitative estimate of drug-likeness (QED) is 0.416. The second kappa shape index (κ2) is 6.86.